The fraction of sp³-hybridized carbons (Fsp3) is 0.211. The minimum atomic E-state index is -2.95. The number of rotatable bonds is 8. The first-order valence-corrected chi connectivity index (χ1v) is 7.63. The molecule has 2 aromatic carbocycles. The topological polar surface area (TPSA) is 54.0 Å². The quantitative estimate of drug-likeness (QED) is 0.522. The summed E-state index contributed by atoms with van der Waals surface area (Å²) in [4.78, 5) is 11.8. The number of methoxy groups -OCH3 is 2. The Morgan fingerprint density at radius 1 is 1.04 bits per heavy atom. The third-order valence-corrected chi connectivity index (χ3v) is 3.38. The van der Waals surface area contributed by atoms with E-state index >= 15 is 0 Å². The highest BCUT2D eigenvalue weighted by atomic mass is 19.3. The molecule has 0 heterocycles. The van der Waals surface area contributed by atoms with Crippen LogP contribution in [-0.4, -0.2) is 26.8 Å². The van der Waals surface area contributed by atoms with Gasteiger partial charge in [0.2, 0.25) is 0 Å². The molecule has 5 nitrogen and oxygen atoms in total. The van der Waals surface area contributed by atoms with E-state index < -0.39 is 12.6 Å². The predicted octanol–water partition coefficient (Wildman–Crippen LogP) is 4.06. The summed E-state index contributed by atoms with van der Waals surface area (Å²) in [6, 6.07) is 11.3. The molecule has 0 atom stereocenters. The van der Waals surface area contributed by atoms with Crippen molar-refractivity contribution >= 4 is 12.0 Å². The van der Waals surface area contributed by atoms with Gasteiger partial charge in [-0.1, -0.05) is 24.3 Å². The number of ether oxygens (including phenoxy) is 4. The van der Waals surface area contributed by atoms with Crippen molar-refractivity contribution in [3.63, 3.8) is 0 Å². The molecule has 0 saturated heterocycles. The molecule has 26 heavy (non-hydrogen) atoms. The van der Waals surface area contributed by atoms with Gasteiger partial charge in [-0.15, -0.1) is 0 Å². The number of hydrogen-bond donors (Lipinski definition) is 0. The van der Waals surface area contributed by atoms with Crippen LogP contribution in [-0.2, 0) is 16.1 Å². The van der Waals surface area contributed by atoms with Gasteiger partial charge in [0, 0.05) is 11.6 Å². The molecular weight excluding hydrogens is 346 g/mol. The van der Waals surface area contributed by atoms with E-state index in [0.29, 0.717) is 22.6 Å². The van der Waals surface area contributed by atoms with Crippen molar-refractivity contribution in [2.24, 2.45) is 0 Å². The highest BCUT2D eigenvalue weighted by Crippen LogP contribution is 2.28. The van der Waals surface area contributed by atoms with Crippen molar-refractivity contribution in [2.75, 3.05) is 14.2 Å². The summed E-state index contributed by atoms with van der Waals surface area (Å²) in [6.07, 6.45) is 2.78. The third-order valence-electron chi connectivity index (χ3n) is 3.38. The van der Waals surface area contributed by atoms with E-state index in [9.17, 15) is 13.6 Å². The normalized spacial score (nSPS) is 10.8. The van der Waals surface area contributed by atoms with Gasteiger partial charge in [0.15, 0.2) is 11.5 Å². The van der Waals surface area contributed by atoms with E-state index in [1.54, 1.807) is 42.5 Å². The molecule has 2 aromatic rings. The van der Waals surface area contributed by atoms with Gasteiger partial charge < -0.3 is 18.9 Å². The SMILES string of the molecule is COc1ccc(/C=C/C(=O)OCc2ccccc2OC(F)F)cc1OC. The Hall–Kier alpha value is -3.09. The molecule has 0 unspecified atom stereocenters. The van der Waals surface area contributed by atoms with Crippen LogP contribution in [0.2, 0.25) is 0 Å². The van der Waals surface area contributed by atoms with Crippen molar-refractivity contribution in [1.29, 1.82) is 0 Å². The van der Waals surface area contributed by atoms with Crippen molar-refractivity contribution in [3.05, 3.63) is 59.7 Å². The zero-order valence-electron chi connectivity index (χ0n) is 14.3. The smallest absolute Gasteiger partial charge is 0.387 e. The molecule has 0 bridgehead atoms. The van der Waals surface area contributed by atoms with Gasteiger partial charge >= 0.3 is 12.6 Å². The fourth-order valence-corrected chi connectivity index (χ4v) is 2.15. The average molecular weight is 364 g/mol. The van der Waals surface area contributed by atoms with Crippen LogP contribution in [0.5, 0.6) is 17.2 Å². The van der Waals surface area contributed by atoms with Crippen LogP contribution >= 0.6 is 0 Å². The maximum atomic E-state index is 12.4. The minimum absolute atomic E-state index is 0.0285. The molecule has 0 amide bonds. The average Bonchev–Trinajstić information content (AvgIpc) is 2.64. The lowest BCUT2D eigenvalue weighted by atomic mass is 10.2. The first-order chi connectivity index (χ1) is 12.5. The van der Waals surface area contributed by atoms with Crippen LogP contribution in [0.25, 0.3) is 6.08 Å². The van der Waals surface area contributed by atoms with Crippen LogP contribution in [0.4, 0.5) is 8.78 Å². The van der Waals surface area contributed by atoms with E-state index in [1.807, 2.05) is 0 Å². The minimum Gasteiger partial charge on any atom is -0.493 e. The van der Waals surface area contributed by atoms with Gasteiger partial charge in [0.05, 0.1) is 14.2 Å². The first kappa shape index (κ1) is 19.2. The standard InChI is InChI=1S/C19H18F2O5/c1-23-16-9-7-13(11-17(16)24-2)8-10-18(22)25-12-14-5-3-4-6-15(14)26-19(20)21/h3-11,19H,12H2,1-2H3/b10-8+. The molecule has 0 aliphatic carbocycles. The Labute approximate surface area is 149 Å². The highest BCUT2D eigenvalue weighted by molar-refractivity contribution is 5.87. The molecule has 2 rings (SSSR count). The van der Waals surface area contributed by atoms with Crippen LogP contribution in [0, 0.1) is 0 Å². The Balaban J connectivity index is 1.98. The van der Waals surface area contributed by atoms with Crippen molar-refractivity contribution in [3.8, 4) is 17.2 Å². The van der Waals surface area contributed by atoms with Crippen molar-refractivity contribution < 1.29 is 32.5 Å². The monoisotopic (exact) mass is 364 g/mol. The summed E-state index contributed by atoms with van der Waals surface area (Å²) in [5.41, 5.74) is 1.06. The Morgan fingerprint density at radius 3 is 2.46 bits per heavy atom. The molecule has 0 fully saturated rings. The van der Waals surface area contributed by atoms with E-state index in [2.05, 4.69) is 4.74 Å². The number of para-hydroxylation sites is 1. The zero-order valence-corrected chi connectivity index (χ0v) is 14.3. The van der Waals surface area contributed by atoms with Crippen LogP contribution in [0.15, 0.2) is 48.5 Å². The van der Waals surface area contributed by atoms with Crippen LogP contribution in [0.3, 0.4) is 0 Å². The molecule has 7 heteroatoms. The van der Waals surface area contributed by atoms with Gasteiger partial charge in [-0.05, 0) is 29.8 Å². The van der Waals surface area contributed by atoms with Crippen LogP contribution < -0.4 is 14.2 Å². The number of benzene rings is 2. The maximum absolute atomic E-state index is 12.4. The third kappa shape index (κ3) is 5.47. The number of halogens is 2. The molecule has 0 spiro atoms. The van der Waals surface area contributed by atoms with E-state index in [0.717, 1.165) is 0 Å². The molecule has 0 aliphatic heterocycles. The summed E-state index contributed by atoms with van der Waals surface area (Å²) in [7, 11) is 3.04. The Kier molecular flexibility index (Phi) is 6.96. The largest absolute Gasteiger partial charge is 0.493 e. The first-order valence-electron chi connectivity index (χ1n) is 7.63. The molecule has 0 aliphatic rings. The zero-order chi connectivity index (χ0) is 18.9. The fourth-order valence-electron chi connectivity index (χ4n) is 2.15. The molecule has 0 aromatic heterocycles. The Morgan fingerprint density at radius 2 is 1.77 bits per heavy atom. The number of carbonyl (C=O) groups is 1. The number of esters is 1. The van der Waals surface area contributed by atoms with Crippen molar-refractivity contribution in [2.45, 2.75) is 13.2 Å². The van der Waals surface area contributed by atoms with Gasteiger partial charge in [-0.25, -0.2) is 4.79 Å². The lowest BCUT2D eigenvalue weighted by Crippen LogP contribution is -2.06. The van der Waals surface area contributed by atoms with Gasteiger partial charge in [-0.3, -0.25) is 0 Å². The number of alkyl halides is 2. The maximum Gasteiger partial charge on any atom is 0.387 e. The second-order valence-electron chi connectivity index (χ2n) is 5.04. The predicted molar refractivity (Wildman–Crippen MR) is 91.5 cm³/mol. The van der Waals surface area contributed by atoms with Gasteiger partial charge in [-0.2, -0.15) is 8.78 Å². The van der Waals surface area contributed by atoms with E-state index in [1.165, 1.54) is 26.4 Å². The summed E-state index contributed by atoms with van der Waals surface area (Å²) < 4.78 is 44.5. The molecular formula is C19H18F2O5. The second kappa shape index (κ2) is 9.41. The molecule has 0 saturated carbocycles. The molecule has 0 N–H and O–H groups in total. The number of carbonyl (C=O) groups excluding carboxylic acids is 1. The van der Waals surface area contributed by atoms with Gasteiger partial charge in [0.25, 0.3) is 0 Å². The van der Waals surface area contributed by atoms with E-state index in [4.69, 9.17) is 14.2 Å². The Bertz CT molecular complexity index is 774. The summed E-state index contributed by atoms with van der Waals surface area (Å²) in [6.45, 7) is -3.13. The van der Waals surface area contributed by atoms with Gasteiger partial charge in [0.1, 0.15) is 12.4 Å². The second-order valence-corrected chi connectivity index (χ2v) is 5.04. The number of hydrogen-bond acceptors (Lipinski definition) is 5. The highest BCUT2D eigenvalue weighted by Gasteiger charge is 2.10. The lowest BCUT2D eigenvalue weighted by Gasteiger charge is -2.10. The summed E-state index contributed by atoms with van der Waals surface area (Å²) in [5, 5.41) is 0. The summed E-state index contributed by atoms with van der Waals surface area (Å²) >= 11 is 0. The molecule has 138 valence electrons. The van der Waals surface area contributed by atoms with E-state index in [-0.39, 0.29) is 12.4 Å². The molecule has 0 radical (unpaired) electrons. The van der Waals surface area contributed by atoms with Crippen molar-refractivity contribution in [1.82, 2.24) is 0 Å². The van der Waals surface area contributed by atoms with Crippen LogP contribution in [0.1, 0.15) is 11.1 Å². The summed E-state index contributed by atoms with van der Waals surface area (Å²) in [5.74, 6) is 0.453. The lowest BCUT2D eigenvalue weighted by molar-refractivity contribution is -0.139.